The normalized spacial score (nSPS) is 11.2. The molecule has 1 aromatic carbocycles. The van der Waals surface area contributed by atoms with Gasteiger partial charge in [-0.05, 0) is 24.1 Å². The lowest BCUT2D eigenvalue weighted by Crippen LogP contribution is -2.18. The van der Waals surface area contributed by atoms with E-state index in [-0.39, 0.29) is 17.4 Å². The summed E-state index contributed by atoms with van der Waals surface area (Å²) in [4.78, 5) is 11.8. The number of amides is 1. The number of aromatic nitrogens is 2. The quantitative estimate of drug-likeness (QED) is 0.587. The molecule has 0 saturated heterocycles. The van der Waals surface area contributed by atoms with Crippen LogP contribution in [0.1, 0.15) is 41.5 Å². The van der Waals surface area contributed by atoms with Crippen molar-refractivity contribution in [2.45, 2.75) is 19.8 Å². The van der Waals surface area contributed by atoms with Gasteiger partial charge in [-0.3, -0.25) is 9.89 Å². The van der Waals surface area contributed by atoms with Gasteiger partial charge in [0.1, 0.15) is 5.75 Å². The number of nitrogens with one attached hydrogen (secondary N) is 2. The highest BCUT2D eigenvalue weighted by Crippen LogP contribution is 2.13. The Bertz CT molecular complexity index is 632. The lowest BCUT2D eigenvalue weighted by Gasteiger charge is -1.98. The topological polar surface area (TPSA) is 90.4 Å². The van der Waals surface area contributed by atoms with E-state index in [0.29, 0.717) is 5.56 Å². The van der Waals surface area contributed by atoms with Gasteiger partial charge in [0.05, 0.1) is 6.21 Å². The first-order valence-electron chi connectivity index (χ1n) is 6.24. The molecule has 0 aliphatic rings. The Morgan fingerprint density at radius 1 is 1.45 bits per heavy atom. The van der Waals surface area contributed by atoms with Gasteiger partial charge in [0.25, 0.3) is 5.91 Å². The molecule has 0 fully saturated rings. The molecule has 1 amide bonds. The number of hydrazone groups is 1. The summed E-state index contributed by atoms with van der Waals surface area (Å²) in [5, 5.41) is 20.1. The Morgan fingerprint density at radius 3 is 2.85 bits per heavy atom. The van der Waals surface area contributed by atoms with Crippen LogP contribution in [0.25, 0.3) is 0 Å². The second-order valence-electron chi connectivity index (χ2n) is 4.62. The van der Waals surface area contributed by atoms with Gasteiger partial charge in [0, 0.05) is 11.3 Å². The van der Waals surface area contributed by atoms with E-state index in [1.54, 1.807) is 30.3 Å². The number of nitrogens with zero attached hydrogens (tertiary/aromatic N) is 2. The average molecular weight is 272 g/mol. The highest BCUT2D eigenvalue weighted by molar-refractivity contribution is 5.93. The number of carbonyl (C=O) groups excluding carboxylic acids is 1. The van der Waals surface area contributed by atoms with Gasteiger partial charge in [-0.1, -0.05) is 26.0 Å². The number of hydrogen-bond acceptors (Lipinski definition) is 4. The van der Waals surface area contributed by atoms with Crippen LogP contribution in [0.4, 0.5) is 0 Å². The predicted octanol–water partition coefficient (Wildman–Crippen LogP) is 2.00. The minimum atomic E-state index is -0.403. The first-order chi connectivity index (χ1) is 9.58. The molecule has 1 aromatic heterocycles. The smallest absolute Gasteiger partial charge is 0.291 e. The third-order valence-corrected chi connectivity index (χ3v) is 2.76. The average Bonchev–Trinajstić information content (AvgIpc) is 2.91. The van der Waals surface area contributed by atoms with Gasteiger partial charge in [-0.25, -0.2) is 5.43 Å². The Morgan fingerprint density at radius 2 is 2.20 bits per heavy atom. The zero-order chi connectivity index (χ0) is 14.5. The van der Waals surface area contributed by atoms with E-state index >= 15 is 0 Å². The van der Waals surface area contributed by atoms with Gasteiger partial charge < -0.3 is 5.11 Å². The van der Waals surface area contributed by atoms with Crippen molar-refractivity contribution in [3.05, 3.63) is 47.3 Å². The van der Waals surface area contributed by atoms with E-state index in [2.05, 4.69) is 20.7 Å². The van der Waals surface area contributed by atoms with Gasteiger partial charge >= 0.3 is 0 Å². The minimum absolute atomic E-state index is 0.104. The predicted molar refractivity (Wildman–Crippen MR) is 75.8 cm³/mol. The Balaban J connectivity index is 2.00. The van der Waals surface area contributed by atoms with E-state index in [0.717, 1.165) is 5.69 Å². The SMILES string of the molecule is CC(C)c1cc(C(=O)N/N=C\c2ccccc2O)n[nH]1. The molecule has 0 spiro atoms. The van der Waals surface area contributed by atoms with Gasteiger partial charge in [0.15, 0.2) is 5.69 Å². The fraction of sp³-hybridized carbons (Fsp3) is 0.214. The molecular weight excluding hydrogens is 256 g/mol. The molecule has 0 bridgehead atoms. The molecule has 0 atom stereocenters. The zero-order valence-corrected chi connectivity index (χ0v) is 11.3. The van der Waals surface area contributed by atoms with Crippen molar-refractivity contribution in [1.82, 2.24) is 15.6 Å². The van der Waals surface area contributed by atoms with Gasteiger partial charge in [0.2, 0.25) is 0 Å². The number of benzene rings is 1. The molecule has 20 heavy (non-hydrogen) atoms. The lowest BCUT2D eigenvalue weighted by atomic mass is 10.1. The van der Waals surface area contributed by atoms with Crippen LogP contribution in [0.5, 0.6) is 5.75 Å². The first-order valence-corrected chi connectivity index (χ1v) is 6.24. The van der Waals surface area contributed by atoms with Crippen LogP contribution in [0, 0.1) is 0 Å². The Labute approximate surface area is 116 Å². The highest BCUT2D eigenvalue weighted by Gasteiger charge is 2.11. The first kappa shape index (κ1) is 13.8. The molecule has 1 heterocycles. The summed E-state index contributed by atoms with van der Waals surface area (Å²) >= 11 is 0. The third-order valence-electron chi connectivity index (χ3n) is 2.76. The van der Waals surface area contributed by atoms with E-state index in [1.807, 2.05) is 13.8 Å². The number of phenols is 1. The van der Waals surface area contributed by atoms with Crippen molar-refractivity contribution in [3.8, 4) is 5.75 Å². The summed E-state index contributed by atoms with van der Waals surface area (Å²) in [6, 6.07) is 8.41. The monoisotopic (exact) mass is 272 g/mol. The van der Waals surface area contributed by atoms with E-state index in [9.17, 15) is 9.90 Å². The molecule has 6 heteroatoms. The van der Waals surface area contributed by atoms with Crippen LogP contribution in [-0.4, -0.2) is 27.4 Å². The van der Waals surface area contributed by atoms with Crippen LogP contribution in [-0.2, 0) is 0 Å². The molecule has 2 rings (SSSR count). The van der Waals surface area contributed by atoms with Crippen molar-refractivity contribution < 1.29 is 9.90 Å². The molecule has 0 unspecified atom stereocenters. The maximum atomic E-state index is 11.8. The maximum Gasteiger partial charge on any atom is 0.291 e. The van der Waals surface area contributed by atoms with E-state index < -0.39 is 5.91 Å². The summed E-state index contributed by atoms with van der Waals surface area (Å²) in [5.41, 5.74) is 4.06. The molecule has 0 radical (unpaired) electrons. The van der Waals surface area contributed by atoms with Gasteiger partial charge in [-0.15, -0.1) is 0 Å². The number of carbonyl (C=O) groups is 1. The minimum Gasteiger partial charge on any atom is -0.507 e. The fourth-order valence-electron chi connectivity index (χ4n) is 1.56. The second kappa shape index (κ2) is 6.01. The van der Waals surface area contributed by atoms with Gasteiger partial charge in [-0.2, -0.15) is 10.2 Å². The number of H-pyrrole nitrogens is 1. The van der Waals surface area contributed by atoms with Crippen LogP contribution in [0.3, 0.4) is 0 Å². The lowest BCUT2D eigenvalue weighted by molar-refractivity contribution is 0.0950. The molecule has 0 aliphatic heterocycles. The number of aromatic amines is 1. The number of aromatic hydroxyl groups is 1. The molecular formula is C14H16N4O2. The van der Waals surface area contributed by atoms with Crippen molar-refractivity contribution >= 4 is 12.1 Å². The summed E-state index contributed by atoms with van der Waals surface area (Å²) in [6.45, 7) is 4.01. The van der Waals surface area contributed by atoms with Crippen molar-refractivity contribution in [1.29, 1.82) is 0 Å². The molecule has 0 aliphatic carbocycles. The summed E-state index contributed by atoms with van der Waals surface area (Å²) in [7, 11) is 0. The zero-order valence-electron chi connectivity index (χ0n) is 11.3. The molecule has 104 valence electrons. The largest absolute Gasteiger partial charge is 0.507 e. The summed E-state index contributed by atoms with van der Waals surface area (Å²) in [6.07, 6.45) is 1.38. The van der Waals surface area contributed by atoms with Crippen LogP contribution in [0.15, 0.2) is 35.4 Å². The summed E-state index contributed by atoms with van der Waals surface area (Å²) in [5.74, 6) is -0.0269. The van der Waals surface area contributed by atoms with Crippen LogP contribution in [0.2, 0.25) is 0 Å². The van der Waals surface area contributed by atoms with Crippen molar-refractivity contribution in [2.24, 2.45) is 5.10 Å². The van der Waals surface area contributed by atoms with E-state index in [4.69, 9.17) is 0 Å². The molecule has 0 saturated carbocycles. The Hall–Kier alpha value is -2.63. The fourth-order valence-corrected chi connectivity index (χ4v) is 1.56. The Kier molecular flexibility index (Phi) is 4.14. The second-order valence-corrected chi connectivity index (χ2v) is 4.62. The number of hydrogen-bond donors (Lipinski definition) is 3. The number of phenolic OH excluding ortho intramolecular Hbond substituents is 1. The molecule has 2 aromatic rings. The maximum absolute atomic E-state index is 11.8. The number of para-hydroxylation sites is 1. The van der Waals surface area contributed by atoms with Crippen LogP contribution >= 0.6 is 0 Å². The summed E-state index contributed by atoms with van der Waals surface area (Å²) < 4.78 is 0. The number of rotatable bonds is 4. The third kappa shape index (κ3) is 3.23. The van der Waals surface area contributed by atoms with Crippen LogP contribution < -0.4 is 5.43 Å². The van der Waals surface area contributed by atoms with Crippen molar-refractivity contribution in [3.63, 3.8) is 0 Å². The van der Waals surface area contributed by atoms with E-state index in [1.165, 1.54) is 6.21 Å². The standard InChI is InChI=1S/C14H16N4O2/c1-9(2)11-7-12(17-16-11)14(20)18-15-8-10-5-3-4-6-13(10)19/h3-9,19H,1-2H3,(H,16,17)(H,18,20)/b15-8-. The van der Waals surface area contributed by atoms with Crippen molar-refractivity contribution in [2.75, 3.05) is 0 Å². The molecule has 6 nitrogen and oxygen atoms in total. The highest BCUT2D eigenvalue weighted by atomic mass is 16.3. The molecule has 3 N–H and O–H groups in total.